The normalized spacial score (nSPS) is 10.9. The third-order valence-corrected chi connectivity index (χ3v) is 5.89. The number of aromatic nitrogens is 2. The van der Waals surface area contributed by atoms with Crippen LogP contribution in [0.15, 0.2) is 109 Å². The van der Waals surface area contributed by atoms with Gasteiger partial charge in [-0.05, 0) is 31.2 Å². The van der Waals surface area contributed by atoms with Crippen molar-refractivity contribution >= 4 is 5.69 Å². The van der Waals surface area contributed by atoms with Gasteiger partial charge in [-0.1, -0.05) is 90.5 Å². The first-order valence-electron chi connectivity index (χ1n) is 11.2. The average Bonchev–Trinajstić information content (AvgIpc) is 3.26. The smallest absolute Gasteiger partial charge is 0.147 e. The second kappa shape index (κ2) is 8.79. The zero-order valence-corrected chi connectivity index (χ0v) is 19.2. The van der Waals surface area contributed by atoms with Crippen LogP contribution < -0.4 is 4.90 Å². The Hall–Kier alpha value is -4.11. The summed E-state index contributed by atoms with van der Waals surface area (Å²) in [7, 11) is 4.16. The van der Waals surface area contributed by atoms with E-state index in [1.54, 1.807) is 0 Å². The Balaban J connectivity index is 1.91. The quantitative estimate of drug-likeness (QED) is 0.293. The Bertz CT molecular complexity index is 1370. The minimum Gasteiger partial charge on any atom is -0.377 e. The summed E-state index contributed by atoms with van der Waals surface area (Å²) < 4.78 is 2.30. The lowest BCUT2D eigenvalue weighted by molar-refractivity contribution is 1.06. The highest BCUT2D eigenvalue weighted by atomic mass is 15.1. The lowest BCUT2D eigenvalue weighted by Gasteiger charge is -2.19. The fourth-order valence-electron chi connectivity index (χ4n) is 4.26. The molecular weight excluding hydrogens is 402 g/mol. The van der Waals surface area contributed by atoms with Gasteiger partial charge in [0.15, 0.2) is 0 Å². The first kappa shape index (κ1) is 20.8. The molecule has 0 atom stereocenters. The summed E-state index contributed by atoms with van der Waals surface area (Å²) in [6.45, 7) is 2.12. The highest BCUT2D eigenvalue weighted by Gasteiger charge is 2.23. The van der Waals surface area contributed by atoms with Crippen LogP contribution in [-0.4, -0.2) is 23.6 Å². The Morgan fingerprint density at radius 1 is 0.636 bits per heavy atom. The van der Waals surface area contributed by atoms with Gasteiger partial charge in [-0.2, -0.15) is 0 Å². The first-order chi connectivity index (χ1) is 16.1. The zero-order chi connectivity index (χ0) is 22.8. The molecule has 0 aliphatic carbocycles. The van der Waals surface area contributed by atoms with E-state index >= 15 is 0 Å². The Morgan fingerprint density at radius 2 is 1.21 bits per heavy atom. The molecule has 162 valence electrons. The molecule has 0 aliphatic heterocycles. The van der Waals surface area contributed by atoms with Crippen LogP contribution in [0, 0.1) is 6.92 Å². The van der Waals surface area contributed by atoms with E-state index in [2.05, 4.69) is 134 Å². The molecule has 5 aromatic rings. The third kappa shape index (κ3) is 3.94. The second-order valence-electron chi connectivity index (χ2n) is 8.45. The minimum absolute atomic E-state index is 0.931. The summed E-state index contributed by atoms with van der Waals surface area (Å²) in [4.78, 5) is 7.45. The summed E-state index contributed by atoms with van der Waals surface area (Å²) in [6, 6.07) is 38.2. The van der Waals surface area contributed by atoms with Gasteiger partial charge in [0.2, 0.25) is 0 Å². The minimum atomic E-state index is 0.931. The number of para-hydroxylation sites is 1. The van der Waals surface area contributed by atoms with Crippen LogP contribution in [0.1, 0.15) is 5.56 Å². The molecule has 4 aromatic carbocycles. The van der Waals surface area contributed by atoms with Crippen LogP contribution in [0.2, 0.25) is 0 Å². The number of anilines is 1. The topological polar surface area (TPSA) is 21.1 Å². The van der Waals surface area contributed by atoms with Gasteiger partial charge in [-0.3, -0.25) is 4.57 Å². The predicted molar refractivity (Wildman–Crippen MR) is 139 cm³/mol. The van der Waals surface area contributed by atoms with Crippen molar-refractivity contribution in [2.45, 2.75) is 6.92 Å². The Labute approximate surface area is 195 Å². The second-order valence-corrected chi connectivity index (χ2v) is 8.45. The highest BCUT2D eigenvalue weighted by Crippen LogP contribution is 2.40. The van der Waals surface area contributed by atoms with E-state index in [-0.39, 0.29) is 0 Å². The molecule has 0 spiro atoms. The number of hydrogen-bond donors (Lipinski definition) is 0. The van der Waals surface area contributed by atoms with Crippen molar-refractivity contribution in [1.82, 2.24) is 9.55 Å². The molecule has 0 amide bonds. The van der Waals surface area contributed by atoms with Gasteiger partial charge < -0.3 is 4.90 Å². The van der Waals surface area contributed by atoms with Crippen molar-refractivity contribution in [2.24, 2.45) is 0 Å². The van der Waals surface area contributed by atoms with E-state index in [0.29, 0.717) is 0 Å². The van der Waals surface area contributed by atoms with Gasteiger partial charge in [0.25, 0.3) is 0 Å². The first-order valence-corrected chi connectivity index (χ1v) is 11.2. The molecule has 0 saturated heterocycles. The number of hydrogen-bond acceptors (Lipinski definition) is 2. The predicted octanol–water partition coefficient (Wildman–Crippen LogP) is 7.25. The SMILES string of the molecule is Cc1ccc(-n2c(-c3ccccc3N(C)C)nc(-c3ccccc3)c2-c2ccccc2)cc1. The van der Waals surface area contributed by atoms with E-state index in [9.17, 15) is 0 Å². The van der Waals surface area contributed by atoms with Gasteiger partial charge in [-0.25, -0.2) is 4.98 Å². The van der Waals surface area contributed by atoms with Crippen LogP contribution in [0.3, 0.4) is 0 Å². The molecule has 0 fully saturated rings. The molecule has 0 bridgehead atoms. The van der Waals surface area contributed by atoms with Gasteiger partial charge in [0, 0.05) is 42.2 Å². The molecular formula is C30H27N3. The van der Waals surface area contributed by atoms with Crippen LogP contribution >= 0.6 is 0 Å². The molecule has 0 aliphatic rings. The molecule has 0 unspecified atom stereocenters. The molecule has 1 heterocycles. The van der Waals surface area contributed by atoms with Gasteiger partial charge in [-0.15, -0.1) is 0 Å². The van der Waals surface area contributed by atoms with Crippen LogP contribution in [0.25, 0.3) is 39.6 Å². The van der Waals surface area contributed by atoms with Crippen LogP contribution in [0.5, 0.6) is 0 Å². The molecule has 33 heavy (non-hydrogen) atoms. The standard InChI is InChI=1S/C30H27N3/c1-22-18-20-25(21-19-22)33-29(24-14-8-5-9-15-24)28(23-12-6-4-7-13-23)31-30(33)26-16-10-11-17-27(26)32(2)3/h4-21H,1-3H3. The fraction of sp³-hybridized carbons (Fsp3) is 0.100. The summed E-state index contributed by atoms with van der Waals surface area (Å²) in [5.41, 5.74) is 8.87. The maximum absolute atomic E-state index is 5.31. The van der Waals surface area contributed by atoms with Gasteiger partial charge in [0.1, 0.15) is 5.82 Å². The van der Waals surface area contributed by atoms with Crippen molar-refractivity contribution < 1.29 is 0 Å². The van der Waals surface area contributed by atoms with Crippen molar-refractivity contribution in [3.8, 4) is 39.6 Å². The molecule has 0 radical (unpaired) electrons. The maximum atomic E-state index is 5.31. The van der Waals surface area contributed by atoms with Crippen molar-refractivity contribution in [2.75, 3.05) is 19.0 Å². The summed E-state index contributed by atoms with van der Waals surface area (Å²) in [5, 5.41) is 0. The lowest BCUT2D eigenvalue weighted by Crippen LogP contribution is -2.11. The Morgan fingerprint density at radius 3 is 1.85 bits per heavy atom. The van der Waals surface area contributed by atoms with Crippen LogP contribution in [-0.2, 0) is 0 Å². The molecule has 3 nitrogen and oxygen atoms in total. The van der Waals surface area contributed by atoms with Gasteiger partial charge in [0.05, 0.1) is 11.4 Å². The molecule has 0 N–H and O–H groups in total. The van der Waals surface area contributed by atoms with E-state index in [1.165, 1.54) is 5.56 Å². The van der Waals surface area contributed by atoms with E-state index < -0.39 is 0 Å². The van der Waals surface area contributed by atoms with E-state index in [0.717, 1.165) is 45.3 Å². The highest BCUT2D eigenvalue weighted by molar-refractivity contribution is 5.86. The summed E-state index contributed by atoms with van der Waals surface area (Å²) in [5.74, 6) is 0.931. The molecule has 5 rings (SSSR count). The van der Waals surface area contributed by atoms with Crippen molar-refractivity contribution in [1.29, 1.82) is 0 Å². The average molecular weight is 430 g/mol. The van der Waals surface area contributed by atoms with E-state index in [1.807, 2.05) is 6.07 Å². The molecule has 1 aromatic heterocycles. The fourth-order valence-corrected chi connectivity index (χ4v) is 4.26. The monoisotopic (exact) mass is 429 g/mol. The largest absolute Gasteiger partial charge is 0.377 e. The number of aryl methyl sites for hydroxylation is 1. The molecule has 3 heteroatoms. The summed E-state index contributed by atoms with van der Waals surface area (Å²) >= 11 is 0. The third-order valence-electron chi connectivity index (χ3n) is 5.89. The molecule has 0 saturated carbocycles. The van der Waals surface area contributed by atoms with Gasteiger partial charge >= 0.3 is 0 Å². The maximum Gasteiger partial charge on any atom is 0.147 e. The zero-order valence-electron chi connectivity index (χ0n) is 19.2. The number of imidazole rings is 1. The number of rotatable bonds is 5. The van der Waals surface area contributed by atoms with Crippen molar-refractivity contribution in [3.63, 3.8) is 0 Å². The summed E-state index contributed by atoms with van der Waals surface area (Å²) in [6.07, 6.45) is 0. The Kier molecular flexibility index (Phi) is 5.54. The number of nitrogens with zero attached hydrogens (tertiary/aromatic N) is 3. The van der Waals surface area contributed by atoms with Crippen molar-refractivity contribution in [3.05, 3.63) is 115 Å². The number of benzene rings is 4. The van der Waals surface area contributed by atoms with E-state index in [4.69, 9.17) is 4.98 Å². The van der Waals surface area contributed by atoms with Crippen LogP contribution in [0.4, 0.5) is 5.69 Å². The lowest BCUT2D eigenvalue weighted by atomic mass is 10.0.